The first-order chi connectivity index (χ1) is 14.1. The van der Waals surface area contributed by atoms with Gasteiger partial charge in [-0.05, 0) is 35.7 Å². The third kappa shape index (κ3) is 5.17. The molecule has 162 valence electrons. The van der Waals surface area contributed by atoms with Crippen LogP contribution in [0.5, 0.6) is 0 Å². The summed E-state index contributed by atoms with van der Waals surface area (Å²) in [6.07, 6.45) is 3.61. The van der Waals surface area contributed by atoms with E-state index in [9.17, 15) is 4.79 Å². The number of carbonyl (C=O) groups is 1. The molecule has 0 saturated heterocycles. The lowest BCUT2D eigenvalue weighted by Gasteiger charge is -2.36. The molecule has 2 aromatic rings. The molecule has 8 heteroatoms. The fourth-order valence-electron chi connectivity index (χ4n) is 3.08. The fraction of sp³-hybridized carbons (Fsp3) is 0.500. The van der Waals surface area contributed by atoms with Gasteiger partial charge < -0.3 is 14.4 Å². The van der Waals surface area contributed by atoms with Crippen LogP contribution in [-0.4, -0.2) is 58.9 Å². The van der Waals surface area contributed by atoms with Crippen LogP contribution in [0.25, 0.3) is 17.0 Å². The molecule has 1 amide bonds. The van der Waals surface area contributed by atoms with Crippen molar-refractivity contribution >= 4 is 20.0 Å². The number of benzene rings is 1. The highest BCUT2D eigenvalue weighted by atomic mass is 28.4. The molecule has 0 radical (unpaired) electrons. The highest BCUT2D eigenvalue weighted by Crippen LogP contribution is 2.36. The molecule has 7 nitrogen and oxygen atoms in total. The zero-order valence-corrected chi connectivity index (χ0v) is 19.6. The minimum atomic E-state index is -1.75. The molecule has 30 heavy (non-hydrogen) atoms. The average Bonchev–Trinajstić information content (AvgIpc) is 3.16. The number of rotatable bonds is 6. The van der Waals surface area contributed by atoms with Gasteiger partial charge in [0.25, 0.3) is 0 Å². The number of nitrogens with zero attached hydrogens (tertiary/aromatic N) is 4. The smallest absolute Gasteiger partial charge is 0.407 e. The minimum absolute atomic E-state index is 0.196. The molecule has 1 aliphatic heterocycles. The van der Waals surface area contributed by atoms with Crippen molar-refractivity contribution in [3.63, 3.8) is 0 Å². The van der Waals surface area contributed by atoms with E-state index in [0.29, 0.717) is 32.1 Å². The van der Waals surface area contributed by atoms with Gasteiger partial charge in [0.05, 0.1) is 13.2 Å². The van der Waals surface area contributed by atoms with Gasteiger partial charge in [0.1, 0.15) is 6.33 Å². The van der Waals surface area contributed by atoms with Gasteiger partial charge in [0.15, 0.2) is 14.1 Å². The van der Waals surface area contributed by atoms with E-state index in [1.165, 1.54) is 10.5 Å². The van der Waals surface area contributed by atoms with E-state index in [1.807, 2.05) is 22.9 Å². The van der Waals surface area contributed by atoms with Crippen LogP contribution >= 0.6 is 0 Å². The SMILES string of the molecule is CC(C)(C)[Si](C)(C)OCCn1cnc(-c2ccc(C3=CCN(C(=O)O)CC3)cc2)n1. The topological polar surface area (TPSA) is 80.5 Å². The molecule has 0 fully saturated rings. The quantitative estimate of drug-likeness (QED) is 0.673. The van der Waals surface area contributed by atoms with Gasteiger partial charge in [-0.1, -0.05) is 51.1 Å². The summed E-state index contributed by atoms with van der Waals surface area (Å²) < 4.78 is 8.06. The van der Waals surface area contributed by atoms with Gasteiger partial charge in [-0.15, -0.1) is 0 Å². The second-order valence-electron chi connectivity index (χ2n) is 9.23. The van der Waals surface area contributed by atoms with Crippen LogP contribution in [0.1, 0.15) is 32.8 Å². The predicted octanol–water partition coefficient (Wildman–Crippen LogP) is 4.73. The Morgan fingerprint density at radius 2 is 1.87 bits per heavy atom. The Labute approximate surface area is 179 Å². The lowest BCUT2D eigenvalue weighted by molar-refractivity contribution is 0.150. The first kappa shape index (κ1) is 22.2. The van der Waals surface area contributed by atoms with Crippen LogP contribution in [0.4, 0.5) is 4.79 Å². The zero-order chi connectivity index (χ0) is 21.9. The third-order valence-electron chi connectivity index (χ3n) is 6.12. The van der Waals surface area contributed by atoms with Crippen molar-refractivity contribution in [3.8, 4) is 11.4 Å². The van der Waals surface area contributed by atoms with Crippen molar-refractivity contribution in [2.75, 3.05) is 19.7 Å². The summed E-state index contributed by atoms with van der Waals surface area (Å²) in [6, 6.07) is 8.15. The first-order valence-electron chi connectivity index (χ1n) is 10.4. The summed E-state index contributed by atoms with van der Waals surface area (Å²) >= 11 is 0. The van der Waals surface area contributed by atoms with Gasteiger partial charge in [-0.2, -0.15) is 5.10 Å². The second kappa shape index (κ2) is 8.73. The maximum absolute atomic E-state index is 11.0. The van der Waals surface area contributed by atoms with Crippen molar-refractivity contribution in [2.45, 2.75) is 51.9 Å². The van der Waals surface area contributed by atoms with Crippen LogP contribution in [0.2, 0.25) is 18.1 Å². The second-order valence-corrected chi connectivity index (χ2v) is 14.0. The van der Waals surface area contributed by atoms with Gasteiger partial charge >= 0.3 is 6.09 Å². The Balaban J connectivity index is 1.59. The van der Waals surface area contributed by atoms with Crippen molar-refractivity contribution in [2.24, 2.45) is 0 Å². The van der Waals surface area contributed by atoms with Crippen LogP contribution < -0.4 is 0 Å². The normalized spacial score (nSPS) is 15.2. The monoisotopic (exact) mass is 428 g/mol. The van der Waals surface area contributed by atoms with Gasteiger partial charge in [0.2, 0.25) is 0 Å². The van der Waals surface area contributed by atoms with E-state index in [4.69, 9.17) is 9.53 Å². The van der Waals surface area contributed by atoms with Crippen LogP contribution in [0.15, 0.2) is 36.7 Å². The molecule has 1 aromatic carbocycles. The summed E-state index contributed by atoms with van der Waals surface area (Å²) in [4.78, 5) is 16.9. The van der Waals surface area contributed by atoms with E-state index in [-0.39, 0.29) is 5.04 Å². The Kier molecular flexibility index (Phi) is 6.47. The summed E-state index contributed by atoms with van der Waals surface area (Å²) in [5, 5.41) is 13.8. The maximum atomic E-state index is 11.0. The Morgan fingerprint density at radius 1 is 1.20 bits per heavy atom. The first-order valence-corrected chi connectivity index (χ1v) is 13.3. The molecule has 1 aromatic heterocycles. The summed E-state index contributed by atoms with van der Waals surface area (Å²) in [7, 11) is -1.75. The van der Waals surface area contributed by atoms with Crippen molar-refractivity contribution < 1.29 is 14.3 Å². The van der Waals surface area contributed by atoms with Crippen molar-refractivity contribution in [3.05, 3.63) is 42.2 Å². The number of hydrogen-bond acceptors (Lipinski definition) is 4. The largest absolute Gasteiger partial charge is 0.465 e. The number of carboxylic acid groups (broad SMARTS) is 1. The predicted molar refractivity (Wildman–Crippen MR) is 121 cm³/mol. The molecule has 1 N–H and O–H groups in total. The highest BCUT2D eigenvalue weighted by Gasteiger charge is 2.36. The summed E-state index contributed by atoms with van der Waals surface area (Å²) in [5.41, 5.74) is 3.26. The van der Waals surface area contributed by atoms with E-state index in [1.54, 1.807) is 6.33 Å². The lowest BCUT2D eigenvalue weighted by atomic mass is 9.98. The van der Waals surface area contributed by atoms with E-state index < -0.39 is 14.4 Å². The van der Waals surface area contributed by atoms with Crippen molar-refractivity contribution in [1.29, 1.82) is 0 Å². The lowest BCUT2D eigenvalue weighted by Crippen LogP contribution is -2.41. The molecular formula is C22H32N4O3Si. The maximum Gasteiger partial charge on any atom is 0.407 e. The Bertz CT molecular complexity index is 913. The third-order valence-corrected chi connectivity index (χ3v) is 10.7. The highest BCUT2D eigenvalue weighted by molar-refractivity contribution is 6.74. The molecule has 0 saturated carbocycles. The molecule has 0 spiro atoms. The molecule has 0 bridgehead atoms. The minimum Gasteiger partial charge on any atom is -0.465 e. The molecule has 0 unspecified atom stereocenters. The van der Waals surface area contributed by atoms with Crippen LogP contribution in [0.3, 0.4) is 0 Å². The van der Waals surface area contributed by atoms with Crippen LogP contribution in [0, 0.1) is 0 Å². The number of hydrogen-bond donors (Lipinski definition) is 1. The van der Waals surface area contributed by atoms with E-state index >= 15 is 0 Å². The Morgan fingerprint density at radius 3 is 2.43 bits per heavy atom. The molecule has 2 heterocycles. The number of amides is 1. The van der Waals surface area contributed by atoms with Crippen molar-refractivity contribution in [1.82, 2.24) is 19.7 Å². The van der Waals surface area contributed by atoms with E-state index in [0.717, 1.165) is 17.5 Å². The Hall–Kier alpha value is -2.45. The average molecular weight is 429 g/mol. The van der Waals surface area contributed by atoms with Gasteiger partial charge in [-0.25, -0.2) is 9.78 Å². The summed E-state index contributed by atoms with van der Waals surface area (Å²) in [5.74, 6) is 0.698. The fourth-order valence-corrected chi connectivity index (χ4v) is 4.12. The van der Waals surface area contributed by atoms with E-state index in [2.05, 4.69) is 56.1 Å². The van der Waals surface area contributed by atoms with Crippen LogP contribution in [-0.2, 0) is 11.0 Å². The van der Waals surface area contributed by atoms with Gasteiger partial charge in [0, 0.05) is 18.7 Å². The molecule has 0 aliphatic carbocycles. The molecular weight excluding hydrogens is 396 g/mol. The molecule has 1 aliphatic rings. The standard InChI is InChI=1S/C22H32N4O3Si/c1-22(2,3)30(4,5)29-15-14-26-16-23-20(24-26)19-8-6-17(7-9-19)18-10-12-25(13-11-18)21(27)28/h6-10,16H,11-15H2,1-5H3,(H,27,28). The molecule has 3 rings (SSSR count). The number of aromatic nitrogens is 3. The van der Waals surface area contributed by atoms with Gasteiger partial charge in [-0.3, -0.25) is 4.68 Å². The summed E-state index contributed by atoms with van der Waals surface area (Å²) in [6.45, 7) is 13.5. The zero-order valence-electron chi connectivity index (χ0n) is 18.6. The molecule has 0 atom stereocenters.